The van der Waals surface area contributed by atoms with Crippen LogP contribution in [0.25, 0.3) is 0 Å². The first-order valence-corrected chi connectivity index (χ1v) is 11.4. The number of aliphatic hydroxyl groups excluding tert-OH is 4. The van der Waals surface area contributed by atoms with Crippen molar-refractivity contribution in [1.82, 2.24) is 0 Å². The summed E-state index contributed by atoms with van der Waals surface area (Å²) in [6.07, 6.45) is 6.40. The Hall–Kier alpha value is -0.490. The van der Waals surface area contributed by atoms with E-state index in [-0.39, 0.29) is 22.7 Å². The Kier molecular flexibility index (Phi) is 5.22. The van der Waals surface area contributed by atoms with Crippen molar-refractivity contribution < 1.29 is 25.2 Å². The molecule has 4 aliphatic carbocycles. The molecule has 8 atom stereocenters. The summed E-state index contributed by atoms with van der Waals surface area (Å²) >= 11 is 0. The van der Waals surface area contributed by atoms with Gasteiger partial charge in [0.05, 0.1) is 25.4 Å². The maximum absolute atomic E-state index is 13.1. The number of hydrogen-bond donors (Lipinski definition) is 4. The number of aliphatic hydroxyl groups is 4. The highest BCUT2D eigenvalue weighted by atomic mass is 16.3. The summed E-state index contributed by atoms with van der Waals surface area (Å²) in [4.78, 5) is 13.1. The minimum absolute atomic E-state index is 0.0933. The SMILES string of the molecule is C[C@]12CCCCC1C(=O)C[C@@H]1[C@H]2CC[C@@]2(C)[C@H]1CCC2(C(O)CO)C(O)CO. The van der Waals surface area contributed by atoms with E-state index in [4.69, 9.17) is 0 Å². The molecule has 4 rings (SSSR count). The number of carbonyl (C=O) groups excluding carboxylic acids is 1. The molecule has 0 amide bonds. The number of carbonyl (C=O) groups is 1. The zero-order valence-electron chi connectivity index (χ0n) is 17.4. The molecule has 4 aliphatic rings. The number of hydrogen-bond acceptors (Lipinski definition) is 5. The van der Waals surface area contributed by atoms with Gasteiger partial charge in [-0.05, 0) is 67.1 Å². The van der Waals surface area contributed by atoms with Crippen LogP contribution >= 0.6 is 0 Å². The Morgan fingerprint density at radius 3 is 2.21 bits per heavy atom. The molecule has 0 spiro atoms. The fourth-order valence-electron chi connectivity index (χ4n) is 8.85. The van der Waals surface area contributed by atoms with Crippen LogP contribution in [0.5, 0.6) is 0 Å². The van der Waals surface area contributed by atoms with Gasteiger partial charge in [0.1, 0.15) is 5.78 Å². The summed E-state index contributed by atoms with van der Waals surface area (Å²) in [6, 6.07) is 0. The topological polar surface area (TPSA) is 98.0 Å². The maximum Gasteiger partial charge on any atom is 0.136 e. The van der Waals surface area contributed by atoms with E-state index < -0.39 is 30.8 Å². The summed E-state index contributed by atoms with van der Waals surface area (Å²) in [5.74, 6) is 1.71. The van der Waals surface area contributed by atoms with Crippen molar-refractivity contribution in [3.63, 3.8) is 0 Å². The molecule has 5 nitrogen and oxygen atoms in total. The maximum atomic E-state index is 13.1. The van der Waals surface area contributed by atoms with Gasteiger partial charge in [0.2, 0.25) is 0 Å². The van der Waals surface area contributed by atoms with Gasteiger partial charge in [-0.1, -0.05) is 26.7 Å². The smallest absolute Gasteiger partial charge is 0.136 e. The first kappa shape index (κ1) is 20.8. The van der Waals surface area contributed by atoms with E-state index in [1.54, 1.807) is 0 Å². The first-order valence-electron chi connectivity index (χ1n) is 11.4. The number of ketones is 1. The molecule has 0 radical (unpaired) electrons. The molecule has 4 N–H and O–H groups in total. The van der Waals surface area contributed by atoms with Crippen LogP contribution in [0.2, 0.25) is 0 Å². The van der Waals surface area contributed by atoms with Crippen LogP contribution in [0.1, 0.15) is 71.6 Å². The normalized spacial score (nSPS) is 50.4. The van der Waals surface area contributed by atoms with E-state index in [0.29, 0.717) is 30.5 Å². The molecule has 160 valence electrons. The fourth-order valence-corrected chi connectivity index (χ4v) is 8.85. The lowest BCUT2D eigenvalue weighted by Gasteiger charge is -2.62. The average Bonchev–Trinajstić information content (AvgIpc) is 3.01. The Morgan fingerprint density at radius 1 is 0.929 bits per heavy atom. The highest BCUT2D eigenvalue weighted by Gasteiger charge is 2.69. The molecule has 0 aliphatic heterocycles. The molecule has 5 heteroatoms. The number of fused-ring (bicyclic) bond motifs is 5. The molecule has 4 fully saturated rings. The van der Waals surface area contributed by atoms with Crippen LogP contribution in [-0.4, -0.2) is 51.6 Å². The van der Waals surface area contributed by atoms with Crippen LogP contribution in [0, 0.1) is 39.9 Å². The van der Waals surface area contributed by atoms with Gasteiger partial charge in [0, 0.05) is 17.8 Å². The van der Waals surface area contributed by atoms with Crippen molar-refractivity contribution in [1.29, 1.82) is 0 Å². The third kappa shape index (κ3) is 2.49. The van der Waals surface area contributed by atoms with Gasteiger partial charge in [-0.3, -0.25) is 4.79 Å². The van der Waals surface area contributed by atoms with Gasteiger partial charge in [0.25, 0.3) is 0 Å². The van der Waals surface area contributed by atoms with Gasteiger partial charge in [-0.15, -0.1) is 0 Å². The molecule has 0 bridgehead atoms. The summed E-state index contributed by atoms with van der Waals surface area (Å²) in [7, 11) is 0. The second-order valence-corrected chi connectivity index (χ2v) is 10.8. The van der Waals surface area contributed by atoms with Crippen LogP contribution in [-0.2, 0) is 4.79 Å². The van der Waals surface area contributed by atoms with Gasteiger partial charge in [-0.2, -0.15) is 0 Å². The van der Waals surface area contributed by atoms with Crippen LogP contribution in [0.15, 0.2) is 0 Å². The molecular formula is C23H38O5. The van der Waals surface area contributed by atoms with Gasteiger partial charge < -0.3 is 20.4 Å². The summed E-state index contributed by atoms with van der Waals surface area (Å²) in [6.45, 7) is 3.67. The Bertz CT molecular complexity index is 610. The molecule has 28 heavy (non-hydrogen) atoms. The molecular weight excluding hydrogens is 356 g/mol. The quantitative estimate of drug-likeness (QED) is 0.586. The molecule has 0 aromatic rings. The Morgan fingerprint density at radius 2 is 1.57 bits per heavy atom. The highest BCUT2D eigenvalue weighted by molar-refractivity contribution is 5.83. The zero-order chi connectivity index (χ0) is 20.3. The van der Waals surface area contributed by atoms with Crippen LogP contribution in [0.3, 0.4) is 0 Å². The largest absolute Gasteiger partial charge is 0.394 e. The van der Waals surface area contributed by atoms with Gasteiger partial charge >= 0.3 is 0 Å². The van der Waals surface area contributed by atoms with E-state index in [9.17, 15) is 25.2 Å². The lowest BCUT2D eigenvalue weighted by molar-refractivity contribution is -0.195. The molecule has 3 unspecified atom stereocenters. The van der Waals surface area contributed by atoms with Gasteiger partial charge in [-0.25, -0.2) is 0 Å². The Balaban J connectivity index is 1.72. The third-order valence-corrected chi connectivity index (χ3v) is 10.2. The minimum atomic E-state index is -1.06. The molecule has 0 saturated heterocycles. The van der Waals surface area contributed by atoms with Crippen molar-refractivity contribution in [3.05, 3.63) is 0 Å². The summed E-state index contributed by atoms with van der Waals surface area (Å²) < 4.78 is 0. The predicted molar refractivity (Wildman–Crippen MR) is 105 cm³/mol. The Labute approximate surface area is 168 Å². The first-order chi connectivity index (χ1) is 13.3. The van der Waals surface area contributed by atoms with E-state index in [1.165, 1.54) is 12.8 Å². The van der Waals surface area contributed by atoms with Crippen molar-refractivity contribution in [2.24, 2.45) is 39.9 Å². The fraction of sp³-hybridized carbons (Fsp3) is 0.957. The van der Waals surface area contributed by atoms with E-state index in [1.807, 2.05) is 0 Å². The second-order valence-electron chi connectivity index (χ2n) is 10.8. The monoisotopic (exact) mass is 394 g/mol. The van der Waals surface area contributed by atoms with Crippen LogP contribution in [0.4, 0.5) is 0 Å². The van der Waals surface area contributed by atoms with Crippen molar-refractivity contribution >= 4 is 5.78 Å². The minimum Gasteiger partial charge on any atom is -0.394 e. The summed E-state index contributed by atoms with van der Waals surface area (Å²) in [5.41, 5.74) is -1.19. The average molecular weight is 395 g/mol. The van der Waals surface area contributed by atoms with Crippen molar-refractivity contribution in [3.8, 4) is 0 Å². The predicted octanol–water partition coefficient (Wildman–Crippen LogP) is 2.29. The lowest BCUT2D eigenvalue weighted by Crippen LogP contribution is -2.62. The molecule has 4 saturated carbocycles. The molecule has 0 aromatic carbocycles. The van der Waals surface area contributed by atoms with Gasteiger partial charge in [0.15, 0.2) is 0 Å². The third-order valence-electron chi connectivity index (χ3n) is 10.2. The van der Waals surface area contributed by atoms with Crippen LogP contribution < -0.4 is 0 Å². The lowest BCUT2D eigenvalue weighted by atomic mass is 9.42. The van der Waals surface area contributed by atoms with E-state index in [2.05, 4.69) is 13.8 Å². The molecule has 0 heterocycles. The van der Waals surface area contributed by atoms with E-state index >= 15 is 0 Å². The zero-order valence-corrected chi connectivity index (χ0v) is 17.4. The second kappa shape index (κ2) is 7.04. The summed E-state index contributed by atoms with van der Waals surface area (Å²) in [5, 5.41) is 41.2. The standard InChI is InChI=1S/C23H38O5/c1-21-8-4-3-5-17(21)18(26)11-14-15(21)6-9-22(2)16(14)7-10-23(22,19(27)12-24)20(28)13-25/h14-17,19-20,24-25,27-28H,3-13H2,1-2H3/t14-,15-,16+,17?,19?,20?,21-,22+,23?/m1/s1. The van der Waals surface area contributed by atoms with Crippen molar-refractivity contribution in [2.75, 3.05) is 13.2 Å². The molecule has 0 aromatic heterocycles. The number of rotatable bonds is 4. The van der Waals surface area contributed by atoms with Crippen molar-refractivity contribution in [2.45, 2.75) is 83.8 Å². The van der Waals surface area contributed by atoms with E-state index in [0.717, 1.165) is 32.1 Å². The highest BCUT2D eigenvalue weighted by Crippen LogP contribution is 2.71. The number of Topliss-reactive ketones (excluding diaryl/α,β-unsaturated/α-hetero) is 1.